The molecule has 7 heteroatoms. The summed E-state index contributed by atoms with van der Waals surface area (Å²) in [7, 11) is 1.77. The van der Waals surface area contributed by atoms with Gasteiger partial charge in [-0.25, -0.2) is 0 Å². The first-order valence-electron chi connectivity index (χ1n) is 7.26. The molecule has 3 aromatic heterocycles. The quantitative estimate of drug-likeness (QED) is 0.800. The van der Waals surface area contributed by atoms with Crippen LogP contribution in [0.4, 0.5) is 5.82 Å². The molecule has 0 aromatic carbocycles. The molecular weight excluding hydrogens is 296 g/mol. The van der Waals surface area contributed by atoms with Crippen LogP contribution in [-0.4, -0.2) is 20.8 Å². The van der Waals surface area contributed by atoms with Crippen LogP contribution in [0.5, 0.6) is 0 Å². The Kier molecular flexibility index (Phi) is 3.77. The van der Waals surface area contributed by atoms with Gasteiger partial charge in [-0.3, -0.25) is 9.48 Å². The summed E-state index contributed by atoms with van der Waals surface area (Å²) in [6.45, 7) is 5.61. The highest BCUT2D eigenvalue weighted by molar-refractivity contribution is 6.01. The first-order chi connectivity index (χ1) is 10.9. The fourth-order valence-electron chi connectivity index (χ4n) is 2.43. The average Bonchev–Trinajstić information content (AvgIpc) is 3.16. The Morgan fingerprint density at radius 3 is 2.70 bits per heavy atom. The Labute approximate surface area is 133 Å². The predicted molar refractivity (Wildman–Crippen MR) is 83.4 cm³/mol. The molecule has 7 nitrogen and oxygen atoms in total. The summed E-state index contributed by atoms with van der Waals surface area (Å²) in [5.41, 5.74) is 2.64. The van der Waals surface area contributed by atoms with Crippen molar-refractivity contribution in [3.05, 3.63) is 52.4 Å². The summed E-state index contributed by atoms with van der Waals surface area (Å²) in [5.74, 6) is 2.01. The molecule has 0 saturated heterocycles. The van der Waals surface area contributed by atoms with Gasteiger partial charge in [0.2, 0.25) is 0 Å². The lowest BCUT2D eigenvalue weighted by molar-refractivity contribution is 0.0994. The van der Waals surface area contributed by atoms with Crippen molar-refractivity contribution in [2.45, 2.75) is 27.2 Å². The number of nitrogens with zero attached hydrogens (tertiary/aromatic N) is 3. The highest BCUT2D eigenvalue weighted by atomic mass is 16.5. The van der Waals surface area contributed by atoms with E-state index in [1.54, 1.807) is 29.9 Å². The molecule has 1 amide bonds. The Morgan fingerprint density at radius 2 is 2.09 bits per heavy atom. The first kappa shape index (κ1) is 15.1. The van der Waals surface area contributed by atoms with E-state index in [0.717, 1.165) is 22.7 Å². The highest BCUT2D eigenvalue weighted by Crippen LogP contribution is 2.20. The smallest absolute Gasteiger partial charge is 0.292 e. The molecule has 23 heavy (non-hydrogen) atoms. The molecule has 0 unspecified atom stereocenters. The second-order valence-corrected chi connectivity index (χ2v) is 5.49. The second kappa shape index (κ2) is 5.75. The number of anilines is 1. The van der Waals surface area contributed by atoms with Crippen molar-refractivity contribution in [2.24, 2.45) is 7.05 Å². The summed E-state index contributed by atoms with van der Waals surface area (Å²) in [5, 5.41) is 10.9. The fraction of sp³-hybridized carbons (Fsp3) is 0.312. The van der Waals surface area contributed by atoms with E-state index < -0.39 is 0 Å². The summed E-state index contributed by atoms with van der Waals surface area (Å²) in [6, 6.07) is 5.24. The van der Waals surface area contributed by atoms with Crippen LogP contribution in [0.15, 0.2) is 27.1 Å². The minimum Gasteiger partial charge on any atom is -0.456 e. The van der Waals surface area contributed by atoms with Gasteiger partial charge in [0.05, 0.1) is 11.4 Å². The molecule has 3 heterocycles. The van der Waals surface area contributed by atoms with Crippen LogP contribution in [0.25, 0.3) is 0 Å². The van der Waals surface area contributed by atoms with E-state index >= 15 is 0 Å². The van der Waals surface area contributed by atoms with Gasteiger partial charge < -0.3 is 14.3 Å². The first-order valence-corrected chi connectivity index (χ1v) is 7.26. The number of aromatic nitrogens is 3. The second-order valence-electron chi connectivity index (χ2n) is 5.49. The van der Waals surface area contributed by atoms with Crippen molar-refractivity contribution in [3.8, 4) is 0 Å². The summed E-state index contributed by atoms with van der Waals surface area (Å²) >= 11 is 0. The average molecular weight is 314 g/mol. The number of amides is 1. The lowest BCUT2D eigenvalue weighted by atomic mass is 10.1. The summed E-state index contributed by atoms with van der Waals surface area (Å²) < 4.78 is 12.4. The van der Waals surface area contributed by atoms with Gasteiger partial charge in [0.1, 0.15) is 17.3 Å². The van der Waals surface area contributed by atoms with Gasteiger partial charge >= 0.3 is 0 Å². The Bertz CT molecular complexity index is 837. The third-order valence-electron chi connectivity index (χ3n) is 3.66. The summed E-state index contributed by atoms with van der Waals surface area (Å²) in [6.07, 6.45) is 0.541. The molecule has 0 radical (unpaired) electrons. The molecule has 0 fully saturated rings. The van der Waals surface area contributed by atoms with Crippen LogP contribution in [0.3, 0.4) is 0 Å². The number of nitrogens with one attached hydrogen (secondary N) is 1. The van der Waals surface area contributed by atoms with E-state index in [9.17, 15) is 4.79 Å². The molecule has 0 aliphatic heterocycles. The molecule has 3 aromatic rings. The zero-order chi connectivity index (χ0) is 16.6. The molecule has 0 aliphatic carbocycles. The number of hydrogen-bond donors (Lipinski definition) is 1. The zero-order valence-electron chi connectivity index (χ0n) is 13.5. The Morgan fingerprint density at radius 1 is 1.30 bits per heavy atom. The molecular formula is C16H18N4O3. The lowest BCUT2D eigenvalue weighted by Gasteiger charge is -2.02. The van der Waals surface area contributed by atoms with E-state index in [-0.39, 0.29) is 11.7 Å². The van der Waals surface area contributed by atoms with E-state index in [0.29, 0.717) is 18.0 Å². The molecule has 3 rings (SSSR count). The maximum atomic E-state index is 12.2. The van der Waals surface area contributed by atoms with Crippen LogP contribution in [0, 0.1) is 20.8 Å². The third kappa shape index (κ3) is 3.03. The van der Waals surface area contributed by atoms with Gasteiger partial charge in [0.15, 0.2) is 5.76 Å². The van der Waals surface area contributed by atoms with E-state index in [1.165, 1.54) is 0 Å². The zero-order valence-corrected chi connectivity index (χ0v) is 13.5. The Hall–Kier alpha value is -2.83. The van der Waals surface area contributed by atoms with Gasteiger partial charge in [-0.2, -0.15) is 5.10 Å². The number of carbonyl (C=O) groups is 1. The molecule has 1 N–H and O–H groups in total. The van der Waals surface area contributed by atoms with Crippen LogP contribution in [-0.2, 0) is 13.5 Å². The van der Waals surface area contributed by atoms with E-state index in [4.69, 9.17) is 8.94 Å². The SMILES string of the molecule is Cc1cc(NC(=O)c2ccc(Cc3c(C)noc3C)o2)n(C)n1. The molecule has 0 atom stereocenters. The van der Waals surface area contributed by atoms with Crippen molar-refractivity contribution < 1.29 is 13.7 Å². The van der Waals surface area contributed by atoms with Gasteiger partial charge in [-0.05, 0) is 32.9 Å². The fourth-order valence-corrected chi connectivity index (χ4v) is 2.43. The molecule has 0 aliphatic rings. The minimum atomic E-state index is -0.307. The predicted octanol–water partition coefficient (Wildman–Crippen LogP) is 2.77. The number of aryl methyl sites for hydroxylation is 4. The van der Waals surface area contributed by atoms with Crippen LogP contribution < -0.4 is 5.32 Å². The van der Waals surface area contributed by atoms with Gasteiger partial charge in [-0.15, -0.1) is 0 Å². The third-order valence-corrected chi connectivity index (χ3v) is 3.66. The number of hydrogen-bond acceptors (Lipinski definition) is 5. The highest BCUT2D eigenvalue weighted by Gasteiger charge is 2.16. The Balaban J connectivity index is 1.74. The maximum Gasteiger partial charge on any atom is 0.292 e. The van der Waals surface area contributed by atoms with Crippen molar-refractivity contribution in [1.82, 2.24) is 14.9 Å². The van der Waals surface area contributed by atoms with Gasteiger partial charge in [0.25, 0.3) is 5.91 Å². The molecule has 0 saturated carbocycles. The van der Waals surface area contributed by atoms with Crippen molar-refractivity contribution in [2.75, 3.05) is 5.32 Å². The van der Waals surface area contributed by atoms with Crippen LogP contribution >= 0.6 is 0 Å². The molecule has 0 bridgehead atoms. The number of rotatable bonds is 4. The van der Waals surface area contributed by atoms with Crippen LogP contribution in [0.2, 0.25) is 0 Å². The van der Waals surface area contributed by atoms with E-state index in [2.05, 4.69) is 15.6 Å². The topological polar surface area (TPSA) is 86.1 Å². The lowest BCUT2D eigenvalue weighted by Crippen LogP contribution is -2.13. The maximum absolute atomic E-state index is 12.2. The molecule has 120 valence electrons. The minimum absolute atomic E-state index is 0.255. The van der Waals surface area contributed by atoms with E-state index in [1.807, 2.05) is 20.8 Å². The standard InChI is InChI=1S/C16H18N4O3/c1-9-7-15(20(4)18-9)17-16(21)14-6-5-12(22-14)8-13-10(2)19-23-11(13)3/h5-7H,8H2,1-4H3,(H,17,21). The van der Waals surface area contributed by atoms with Crippen molar-refractivity contribution >= 4 is 11.7 Å². The largest absolute Gasteiger partial charge is 0.456 e. The van der Waals surface area contributed by atoms with Crippen molar-refractivity contribution in [3.63, 3.8) is 0 Å². The van der Waals surface area contributed by atoms with Gasteiger partial charge in [0, 0.05) is 25.1 Å². The normalized spacial score (nSPS) is 11.0. The molecule has 0 spiro atoms. The van der Waals surface area contributed by atoms with Crippen LogP contribution in [0.1, 0.15) is 39.0 Å². The number of carbonyl (C=O) groups excluding carboxylic acids is 1. The van der Waals surface area contributed by atoms with Crippen molar-refractivity contribution in [1.29, 1.82) is 0 Å². The summed E-state index contributed by atoms with van der Waals surface area (Å²) in [4.78, 5) is 12.2. The number of furan rings is 1. The van der Waals surface area contributed by atoms with Gasteiger partial charge in [-0.1, -0.05) is 5.16 Å². The monoisotopic (exact) mass is 314 g/mol.